The summed E-state index contributed by atoms with van der Waals surface area (Å²) in [6.45, 7) is 6.22. The second-order valence-corrected chi connectivity index (χ2v) is 6.65. The molecular formula is C19H16N4OS. The normalized spacial score (nSPS) is 10.3. The molecular weight excluding hydrogens is 332 g/mol. The van der Waals surface area contributed by atoms with Crippen LogP contribution < -0.4 is 5.32 Å². The fraction of sp³-hybridized carbons (Fsp3) is 0.158. The van der Waals surface area contributed by atoms with Crippen molar-refractivity contribution >= 4 is 22.4 Å². The molecule has 0 saturated heterocycles. The van der Waals surface area contributed by atoms with Gasteiger partial charge in [0.1, 0.15) is 11.8 Å². The third kappa shape index (κ3) is 3.57. The minimum Gasteiger partial charge on any atom is -0.296 e. The van der Waals surface area contributed by atoms with Crippen molar-refractivity contribution in [1.29, 1.82) is 5.26 Å². The summed E-state index contributed by atoms with van der Waals surface area (Å²) in [6, 6.07) is 9.32. The first kappa shape index (κ1) is 16.8. The van der Waals surface area contributed by atoms with E-state index in [0.29, 0.717) is 10.7 Å². The molecule has 5 nitrogen and oxygen atoms in total. The van der Waals surface area contributed by atoms with Crippen molar-refractivity contribution in [2.45, 2.75) is 20.8 Å². The lowest BCUT2D eigenvalue weighted by molar-refractivity contribution is 0.102. The Morgan fingerprint density at radius 1 is 1.16 bits per heavy atom. The zero-order valence-corrected chi connectivity index (χ0v) is 14.9. The first-order valence-electron chi connectivity index (χ1n) is 7.69. The smallest absolute Gasteiger partial charge is 0.276 e. The number of thiazole rings is 1. The van der Waals surface area contributed by atoms with E-state index in [-0.39, 0.29) is 11.6 Å². The molecule has 1 N–H and O–H groups in total. The molecule has 0 unspecified atom stereocenters. The van der Waals surface area contributed by atoms with Crippen molar-refractivity contribution in [1.82, 2.24) is 9.97 Å². The van der Waals surface area contributed by atoms with Gasteiger partial charge >= 0.3 is 0 Å². The fourth-order valence-electron chi connectivity index (χ4n) is 2.45. The summed E-state index contributed by atoms with van der Waals surface area (Å²) in [5.41, 5.74) is 6.18. The number of benzene rings is 1. The molecule has 0 aliphatic carbocycles. The Morgan fingerprint density at radius 3 is 2.60 bits per heavy atom. The highest BCUT2D eigenvalue weighted by Crippen LogP contribution is 2.29. The van der Waals surface area contributed by atoms with E-state index in [4.69, 9.17) is 5.26 Å². The maximum Gasteiger partial charge on any atom is 0.276 e. The van der Waals surface area contributed by atoms with Gasteiger partial charge in [-0.05, 0) is 55.7 Å². The van der Waals surface area contributed by atoms with E-state index in [1.165, 1.54) is 34.7 Å². The number of aromatic nitrogens is 2. The summed E-state index contributed by atoms with van der Waals surface area (Å²) < 4.78 is 0. The standard InChI is InChI=1S/C19H16N4OS/c1-11-6-13(3)15(7-12(11)2)17-10-25-19(22-17)23-18(24)16-5-4-14(8-20)9-21-16/h4-7,9-10H,1-3H3,(H,22,23,24). The molecule has 25 heavy (non-hydrogen) atoms. The van der Waals surface area contributed by atoms with Gasteiger partial charge in [-0.3, -0.25) is 10.1 Å². The molecule has 0 bridgehead atoms. The van der Waals surface area contributed by atoms with Gasteiger partial charge in [0, 0.05) is 17.1 Å². The molecule has 2 aromatic heterocycles. The van der Waals surface area contributed by atoms with E-state index < -0.39 is 0 Å². The van der Waals surface area contributed by atoms with Crippen LogP contribution in [0.15, 0.2) is 35.8 Å². The topological polar surface area (TPSA) is 78.7 Å². The second-order valence-electron chi connectivity index (χ2n) is 5.79. The van der Waals surface area contributed by atoms with Gasteiger partial charge in [-0.15, -0.1) is 11.3 Å². The van der Waals surface area contributed by atoms with Crippen LogP contribution in [-0.4, -0.2) is 15.9 Å². The predicted octanol–water partition coefficient (Wildman–Crippen LogP) is 4.25. The zero-order valence-electron chi connectivity index (χ0n) is 14.1. The van der Waals surface area contributed by atoms with Crippen molar-refractivity contribution < 1.29 is 4.79 Å². The Labute approximate surface area is 150 Å². The van der Waals surface area contributed by atoms with Crippen molar-refractivity contribution in [2.24, 2.45) is 0 Å². The van der Waals surface area contributed by atoms with Crippen LogP contribution in [0.3, 0.4) is 0 Å². The van der Waals surface area contributed by atoms with Gasteiger partial charge < -0.3 is 0 Å². The molecule has 3 rings (SSSR count). The third-order valence-electron chi connectivity index (χ3n) is 3.97. The van der Waals surface area contributed by atoms with Gasteiger partial charge in [-0.25, -0.2) is 9.97 Å². The van der Waals surface area contributed by atoms with Crippen LogP contribution in [0.2, 0.25) is 0 Å². The van der Waals surface area contributed by atoms with Crippen molar-refractivity contribution in [2.75, 3.05) is 5.32 Å². The van der Waals surface area contributed by atoms with Gasteiger partial charge in [0.15, 0.2) is 5.13 Å². The van der Waals surface area contributed by atoms with Gasteiger partial charge in [0.05, 0.1) is 11.3 Å². The van der Waals surface area contributed by atoms with Crippen molar-refractivity contribution in [3.63, 3.8) is 0 Å². The van der Waals surface area contributed by atoms with Gasteiger partial charge in [0.25, 0.3) is 5.91 Å². The maximum atomic E-state index is 12.2. The number of hydrogen-bond donors (Lipinski definition) is 1. The molecule has 0 saturated carbocycles. The Balaban J connectivity index is 1.81. The lowest BCUT2D eigenvalue weighted by Gasteiger charge is -2.07. The van der Waals surface area contributed by atoms with Crippen molar-refractivity contribution in [3.05, 3.63) is 63.8 Å². The molecule has 124 valence electrons. The van der Waals surface area contributed by atoms with E-state index in [1.54, 1.807) is 6.07 Å². The molecule has 0 radical (unpaired) electrons. The van der Waals surface area contributed by atoms with E-state index in [9.17, 15) is 4.79 Å². The van der Waals surface area contributed by atoms with Crippen LogP contribution in [0, 0.1) is 32.1 Å². The fourth-order valence-corrected chi connectivity index (χ4v) is 3.15. The molecule has 2 heterocycles. The summed E-state index contributed by atoms with van der Waals surface area (Å²) >= 11 is 1.37. The highest BCUT2D eigenvalue weighted by molar-refractivity contribution is 7.14. The average molecular weight is 348 g/mol. The molecule has 0 fully saturated rings. The number of carbonyl (C=O) groups excluding carboxylic acids is 1. The first-order chi connectivity index (χ1) is 12.0. The van der Waals surface area contributed by atoms with E-state index in [1.807, 2.05) is 11.4 Å². The molecule has 3 aromatic rings. The highest BCUT2D eigenvalue weighted by atomic mass is 32.1. The van der Waals surface area contributed by atoms with Gasteiger partial charge in [-0.2, -0.15) is 5.26 Å². The number of nitrogens with one attached hydrogen (secondary N) is 1. The van der Waals surface area contributed by atoms with Crippen LogP contribution in [0.1, 0.15) is 32.7 Å². The number of carbonyl (C=O) groups is 1. The Kier molecular flexibility index (Phi) is 4.59. The molecule has 0 aliphatic rings. The largest absolute Gasteiger partial charge is 0.296 e. The number of amides is 1. The molecule has 0 atom stereocenters. The minimum atomic E-state index is -0.345. The van der Waals surface area contributed by atoms with Crippen LogP contribution >= 0.6 is 11.3 Å². The number of aryl methyl sites for hydroxylation is 3. The van der Waals surface area contributed by atoms with Crippen LogP contribution in [0.25, 0.3) is 11.3 Å². The minimum absolute atomic E-state index is 0.248. The number of anilines is 1. The Morgan fingerprint density at radius 2 is 1.92 bits per heavy atom. The number of pyridine rings is 1. The summed E-state index contributed by atoms with van der Waals surface area (Å²) in [5, 5.41) is 14.0. The number of rotatable bonds is 3. The highest BCUT2D eigenvalue weighted by Gasteiger charge is 2.13. The van der Waals surface area contributed by atoms with Crippen LogP contribution in [0.4, 0.5) is 5.13 Å². The Bertz CT molecular complexity index is 984. The van der Waals surface area contributed by atoms with Gasteiger partial charge in [0.2, 0.25) is 0 Å². The zero-order chi connectivity index (χ0) is 18.0. The SMILES string of the molecule is Cc1cc(C)c(-c2csc(NC(=O)c3ccc(C#N)cn3)n2)cc1C. The summed E-state index contributed by atoms with van der Waals surface area (Å²) in [7, 11) is 0. The quantitative estimate of drug-likeness (QED) is 0.767. The first-order valence-corrected chi connectivity index (χ1v) is 8.57. The third-order valence-corrected chi connectivity index (χ3v) is 4.72. The lowest BCUT2D eigenvalue weighted by atomic mass is 9.99. The molecule has 6 heteroatoms. The number of nitrogens with zero attached hydrogens (tertiary/aromatic N) is 3. The molecule has 1 aromatic carbocycles. The van der Waals surface area contributed by atoms with Crippen LogP contribution in [0.5, 0.6) is 0 Å². The molecule has 0 spiro atoms. The van der Waals surface area contributed by atoms with Gasteiger partial charge in [-0.1, -0.05) is 6.07 Å². The average Bonchev–Trinajstić information content (AvgIpc) is 3.06. The number of nitriles is 1. The maximum absolute atomic E-state index is 12.2. The predicted molar refractivity (Wildman–Crippen MR) is 98.7 cm³/mol. The summed E-state index contributed by atoms with van der Waals surface area (Å²) in [5.74, 6) is -0.345. The summed E-state index contributed by atoms with van der Waals surface area (Å²) in [6.07, 6.45) is 1.38. The van der Waals surface area contributed by atoms with E-state index in [0.717, 1.165) is 16.8 Å². The lowest BCUT2D eigenvalue weighted by Crippen LogP contribution is -2.13. The Hall–Kier alpha value is -3.04. The summed E-state index contributed by atoms with van der Waals surface area (Å²) in [4.78, 5) is 20.7. The van der Waals surface area contributed by atoms with E-state index in [2.05, 4.69) is 48.2 Å². The number of hydrogen-bond acceptors (Lipinski definition) is 5. The molecule has 1 amide bonds. The van der Waals surface area contributed by atoms with Crippen molar-refractivity contribution in [3.8, 4) is 17.3 Å². The monoisotopic (exact) mass is 348 g/mol. The molecule has 0 aliphatic heterocycles. The van der Waals surface area contributed by atoms with Crippen LogP contribution in [-0.2, 0) is 0 Å². The second kappa shape index (κ2) is 6.83. The van der Waals surface area contributed by atoms with E-state index >= 15 is 0 Å².